The molecule has 0 aliphatic heterocycles. The summed E-state index contributed by atoms with van der Waals surface area (Å²) < 4.78 is 0. The molecule has 1 nitrogen and oxygen atoms in total. The van der Waals surface area contributed by atoms with Crippen LogP contribution in [0, 0.1) is 13.8 Å². The van der Waals surface area contributed by atoms with Crippen LogP contribution in [0.15, 0.2) is 48.5 Å². The molecule has 0 radical (unpaired) electrons. The Morgan fingerprint density at radius 1 is 0.842 bits per heavy atom. The summed E-state index contributed by atoms with van der Waals surface area (Å²) in [5.74, 6) is 0. The van der Waals surface area contributed by atoms with Crippen LogP contribution in [0.1, 0.15) is 29.2 Å². The molecule has 0 heterocycles. The molecule has 1 N–H and O–H groups in total. The second-order valence-corrected chi connectivity index (χ2v) is 5.83. The van der Waals surface area contributed by atoms with Crippen molar-refractivity contribution in [2.75, 3.05) is 0 Å². The summed E-state index contributed by atoms with van der Waals surface area (Å²) in [6.45, 7) is 6.11. The Hall–Kier alpha value is -1.60. The van der Waals surface area contributed by atoms with Gasteiger partial charge in [0.05, 0.1) is 5.60 Å². The quantitative estimate of drug-likeness (QED) is 0.879. The van der Waals surface area contributed by atoms with Gasteiger partial charge < -0.3 is 5.11 Å². The van der Waals surface area contributed by atoms with E-state index in [1.54, 1.807) is 0 Å². The summed E-state index contributed by atoms with van der Waals surface area (Å²) in [6, 6.07) is 16.6. The second kappa shape index (κ2) is 5.58. The maximum absolute atomic E-state index is 10.6. The van der Waals surface area contributed by atoms with E-state index >= 15 is 0 Å². The average molecular weight is 254 g/mol. The van der Waals surface area contributed by atoms with Crippen LogP contribution in [-0.2, 0) is 12.8 Å². The minimum atomic E-state index is -0.707. The summed E-state index contributed by atoms with van der Waals surface area (Å²) in [5, 5.41) is 10.6. The van der Waals surface area contributed by atoms with Crippen molar-refractivity contribution in [2.24, 2.45) is 0 Å². The van der Waals surface area contributed by atoms with Gasteiger partial charge in [-0.2, -0.15) is 0 Å². The van der Waals surface area contributed by atoms with Gasteiger partial charge in [0.15, 0.2) is 0 Å². The molecule has 100 valence electrons. The number of aliphatic hydroxyl groups is 1. The minimum Gasteiger partial charge on any atom is -0.389 e. The Balaban J connectivity index is 2.12. The van der Waals surface area contributed by atoms with E-state index in [1.165, 1.54) is 22.3 Å². The fourth-order valence-corrected chi connectivity index (χ4v) is 2.71. The molecule has 0 spiro atoms. The fraction of sp³-hybridized carbons (Fsp3) is 0.333. The van der Waals surface area contributed by atoms with Crippen LogP contribution in [0.5, 0.6) is 0 Å². The molecule has 1 atom stereocenters. The molecule has 1 heteroatoms. The van der Waals surface area contributed by atoms with E-state index in [-0.39, 0.29) is 0 Å². The highest BCUT2D eigenvalue weighted by atomic mass is 16.3. The maximum Gasteiger partial charge on any atom is 0.0700 e. The fourth-order valence-electron chi connectivity index (χ4n) is 2.71. The zero-order valence-electron chi connectivity index (χ0n) is 12.0. The topological polar surface area (TPSA) is 20.2 Å². The van der Waals surface area contributed by atoms with Gasteiger partial charge >= 0.3 is 0 Å². The van der Waals surface area contributed by atoms with E-state index in [0.717, 1.165) is 0 Å². The summed E-state index contributed by atoms with van der Waals surface area (Å²) in [7, 11) is 0. The Morgan fingerprint density at radius 2 is 1.37 bits per heavy atom. The number of rotatable bonds is 4. The van der Waals surface area contributed by atoms with Crippen molar-refractivity contribution < 1.29 is 5.11 Å². The lowest BCUT2D eigenvalue weighted by atomic mass is 9.89. The zero-order valence-corrected chi connectivity index (χ0v) is 12.0. The monoisotopic (exact) mass is 254 g/mol. The molecule has 19 heavy (non-hydrogen) atoms. The molecule has 0 aliphatic rings. The van der Waals surface area contributed by atoms with E-state index < -0.39 is 5.60 Å². The van der Waals surface area contributed by atoms with Crippen LogP contribution in [0.4, 0.5) is 0 Å². The minimum absolute atomic E-state index is 0.681. The van der Waals surface area contributed by atoms with Crippen LogP contribution >= 0.6 is 0 Å². The summed E-state index contributed by atoms with van der Waals surface area (Å²) in [4.78, 5) is 0. The summed E-state index contributed by atoms with van der Waals surface area (Å²) in [5.41, 5.74) is 4.19. The Morgan fingerprint density at radius 3 is 1.95 bits per heavy atom. The lowest BCUT2D eigenvalue weighted by Gasteiger charge is -2.24. The van der Waals surface area contributed by atoms with Crippen molar-refractivity contribution in [1.29, 1.82) is 0 Å². The average Bonchev–Trinajstić information content (AvgIpc) is 2.27. The van der Waals surface area contributed by atoms with E-state index in [4.69, 9.17) is 0 Å². The van der Waals surface area contributed by atoms with Crippen LogP contribution in [0.2, 0.25) is 0 Å². The van der Waals surface area contributed by atoms with E-state index in [9.17, 15) is 5.11 Å². The van der Waals surface area contributed by atoms with E-state index in [1.807, 2.05) is 25.1 Å². The highest BCUT2D eigenvalue weighted by Gasteiger charge is 2.21. The van der Waals surface area contributed by atoms with Crippen molar-refractivity contribution in [3.63, 3.8) is 0 Å². The predicted molar refractivity (Wildman–Crippen MR) is 80.4 cm³/mol. The van der Waals surface area contributed by atoms with Gasteiger partial charge in [-0.3, -0.25) is 0 Å². The number of hydrogen-bond acceptors (Lipinski definition) is 1. The molecule has 0 aliphatic carbocycles. The molecule has 0 amide bonds. The number of aryl methyl sites for hydroxylation is 2. The largest absolute Gasteiger partial charge is 0.389 e. The first-order valence-corrected chi connectivity index (χ1v) is 6.78. The van der Waals surface area contributed by atoms with Crippen molar-refractivity contribution >= 4 is 0 Å². The molecule has 1 unspecified atom stereocenters. The SMILES string of the molecule is Cc1cc(C)cc(CC(C)(O)Cc2ccccc2)c1. The van der Waals surface area contributed by atoms with E-state index in [2.05, 4.69) is 44.2 Å². The van der Waals surface area contributed by atoms with Gasteiger partial charge in [0.25, 0.3) is 0 Å². The van der Waals surface area contributed by atoms with Gasteiger partial charge in [0.2, 0.25) is 0 Å². The maximum atomic E-state index is 10.6. The third-order valence-corrected chi connectivity index (χ3v) is 3.29. The smallest absolute Gasteiger partial charge is 0.0700 e. The van der Waals surface area contributed by atoms with Gasteiger partial charge in [-0.1, -0.05) is 59.7 Å². The Kier molecular flexibility index (Phi) is 4.06. The number of hydrogen-bond donors (Lipinski definition) is 1. The van der Waals surface area contributed by atoms with Gasteiger partial charge in [-0.15, -0.1) is 0 Å². The van der Waals surface area contributed by atoms with Crippen molar-refractivity contribution in [2.45, 2.75) is 39.2 Å². The van der Waals surface area contributed by atoms with Crippen LogP contribution < -0.4 is 0 Å². The standard InChI is InChI=1S/C18H22O/c1-14-9-15(2)11-17(10-14)13-18(3,19)12-16-7-5-4-6-8-16/h4-11,19H,12-13H2,1-3H3. The molecule has 0 saturated carbocycles. The molecule has 2 aromatic carbocycles. The molecule has 0 aromatic heterocycles. The van der Waals surface area contributed by atoms with Crippen molar-refractivity contribution in [1.82, 2.24) is 0 Å². The lowest BCUT2D eigenvalue weighted by Crippen LogP contribution is -2.30. The molecular formula is C18H22O. The number of benzene rings is 2. The highest BCUT2D eigenvalue weighted by Crippen LogP contribution is 2.20. The Bertz CT molecular complexity index is 521. The molecule has 0 saturated heterocycles. The van der Waals surface area contributed by atoms with E-state index in [0.29, 0.717) is 12.8 Å². The summed E-state index contributed by atoms with van der Waals surface area (Å²) in [6.07, 6.45) is 1.37. The molecular weight excluding hydrogens is 232 g/mol. The van der Waals surface area contributed by atoms with Crippen molar-refractivity contribution in [3.8, 4) is 0 Å². The highest BCUT2D eigenvalue weighted by molar-refractivity contribution is 5.30. The van der Waals surface area contributed by atoms with Crippen LogP contribution in [0.25, 0.3) is 0 Å². The molecule has 2 rings (SSSR count). The first-order chi connectivity index (χ1) is 8.94. The Labute approximate surface area is 115 Å². The van der Waals surface area contributed by atoms with Crippen molar-refractivity contribution in [3.05, 3.63) is 70.8 Å². The third-order valence-electron chi connectivity index (χ3n) is 3.29. The lowest BCUT2D eigenvalue weighted by molar-refractivity contribution is 0.0608. The van der Waals surface area contributed by atoms with Gasteiger partial charge in [-0.25, -0.2) is 0 Å². The first-order valence-electron chi connectivity index (χ1n) is 6.78. The van der Waals surface area contributed by atoms with Crippen LogP contribution in [0.3, 0.4) is 0 Å². The first kappa shape index (κ1) is 13.8. The van der Waals surface area contributed by atoms with Crippen LogP contribution in [-0.4, -0.2) is 10.7 Å². The zero-order chi connectivity index (χ0) is 13.9. The molecule has 2 aromatic rings. The summed E-state index contributed by atoms with van der Waals surface area (Å²) >= 11 is 0. The van der Waals surface area contributed by atoms with Gasteiger partial charge in [0, 0.05) is 12.8 Å². The van der Waals surface area contributed by atoms with Gasteiger partial charge in [0.1, 0.15) is 0 Å². The molecule has 0 bridgehead atoms. The normalized spacial score (nSPS) is 14.1. The second-order valence-electron chi connectivity index (χ2n) is 5.83. The molecule has 0 fully saturated rings. The van der Waals surface area contributed by atoms with Gasteiger partial charge in [-0.05, 0) is 31.9 Å². The third kappa shape index (κ3) is 4.22. The predicted octanol–water partition coefficient (Wildman–Crippen LogP) is 3.84.